The van der Waals surface area contributed by atoms with E-state index in [1.807, 2.05) is 0 Å². The van der Waals surface area contributed by atoms with Gasteiger partial charge >= 0.3 is 0 Å². The number of ether oxygens (including phenoxy) is 1. The van der Waals surface area contributed by atoms with E-state index in [4.69, 9.17) is 4.74 Å². The zero-order valence-corrected chi connectivity index (χ0v) is 8.84. The zero-order valence-electron chi connectivity index (χ0n) is 6.68. The predicted molar refractivity (Wildman–Crippen MR) is 51.5 cm³/mol. The van der Waals surface area contributed by atoms with Crippen molar-refractivity contribution in [3.63, 3.8) is 0 Å². The van der Waals surface area contributed by atoms with Gasteiger partial charge in [0.1, 0.15) is 0 Å². The second-order valence-electron chi connectivity index (χ2n) is 3.15. The van der Waals surface area contributed by atoms with Gasteiger partial charge in [-0.25, -0.2) is 0 Å². The molecule has 0 aromatic heterocycles. The van der Waals surface area contributed by atoms with E-state index in [0.29, 0.717) is 12.4 Å². The molecule has 2 unspecified atom stereocenters. The maximum Gasteiger partial charge on any atom is 0.294 e. The van der Waals surface area contributed by atoms with Gasteiger partial charge in [-0.15, -0.1) is 0 Å². The smallest absolute Gasteiger partial charge is 0.294 e. The summed E-state index contributed by atoms with van der Waals surface area (Å²) >= 11 is 2.26. The number of carbonyl (C=O) groups excluding carboxylic acids is 1. The Kier molecular flexibility index (Phi) is 3.16. The molecule has 1 saturated carbocycles. The van der Waals surface area contributed by atoms with Crippen molar-refractivity contribution in [3.8, 4) is 0 Å². The van der Waals surface area contributed by atoms with Crippen LogP contribution >= 0.6 is 22.6 Å². The van der Waals surface area contributed by atoms with Crippen molar-refractivity contribution in [1.29, 1.82) is 0 Å². The predicted octanol–water partition coefficient (Wildman–Crippen LogP) is 2.50. The first kappa shape index (κ1) is 9.29. The monoisotopic (exact) mass is 268 g/mol. The van der Waals surface area contributed by atoms with Crippen molar-refractivity contribution in [2.45, 2.75) is 36.2 Å². The molecule has 1 aliphatic carbocycles. The van der Waals surface area contributed by atoms with Crippen molar-refractivity contribution in [1.82, 2.24) is 0 Å². The molecule has 0 radical (unpaired) electrons. The van der Waals surface area contributed by atoms with E-state index in [1.165, 1.54) is 19.3 Å². The zero-order chi connectivity index (χ0) is 8.32. The fourth-order valence-electron chi connectivity index (χ4n) is 1.53. The molecule has 1 rings (SSSR count). The largest absolute Gasteiger partial charge is 0.450 e. The first-order valence-electron chi connectivity index (χ1n) is 3.99. The van der Waals surface area contributed by atoms with Gasteiger partial charge in [0.05, 0.1) is 0 Å². The van der Waals surface area contributed by atoms with Crippen LogP contribution in [-0.4, -0.2) is 10.1 Å². The van der Waals surface area contributed by atoms with Gasteiger partial charge < -0.3 is 4.74 Å². The Morgan fingerprint density at radius 3 is 2.91 bits per heavy atom. The van der Waals surface area contributed by atoms with Crippen molar-refractivity contribution in [3.05, 3.63) is 0 Å². The molecule has 1 fully saturated rings. The second kappa shape index (κ2) is 3.74. The molecule has 0 heterocycles. The highest BCUT2D eigenvalue weighted by Crippen LogP contribution is 2.41. The summed E-state index contributed by atoms with van der Waals surface area (Å²) in [5, 5.41) is 0. The summed E-state index contributed by atoms with van der Waals surface area (Å²) < 4.78 is 4.88. The van der Waals surface area contributed by atoms with Crippen LogP contribution in [0.5, 0.6) is 0 Å². The summed E-state index contributed by atoms with van der Waals surface area (Å²) in [6, 6.07) is 0. The van der Waals surface area contributed by atoms with Gasteiger partial charge in [-0.3, -0.25) is 4.79 Å². The molecule has 64 valence electrons. The normalized spacial score (nSPS) is 38.2. The third-order valence-electron chi connectivity index (χ3n) is 2.38. The highest BCUT2D eigenvalue weighted by Gasteiger charge is 2.37. The Morgan fingerprint density at radius 2 is 2.36 bits per heavy atom. The summed E-state index contributed by atoms with van der Waals surface area (Å²) in [5.41, 5.74) is 0. The molecule has 0 aromatic rings. The van der Waals surface area contributed by atoms with Crippen LogP contribution in [0.25, 0.3) is 0 Å². The minimum atomic E-state index is -0.211. The lowest BCUT2D eigenvalue weighted by molar-refractivity contribution is -0.139. The summed E-state index contributed by atoms with van der Waals surface area (Å²) in [6.07, 6.45) is 4.64. The molecule has 0 spiro atoms. The fraction of sp³-hybridized carbons (Fsp3) is 0.875. The number of halogens is 1. The van der Waals surface area contributed by atoms with Crippen molar-refractivity contribution < 1.29 is 9.53 Å². The maximum atomic E-state index is 10.2. The third-order valence-corrected chi connectivity index (χ3v) is 4.24. The van der Waals surface area contributed by atoms with Crippen LogP contribution in [-0.2, 0) is 9.53 Å². The molecule has 0 amide bonds. The molecule has 0 bridgehead atoms. The molecule has 2 atom stereocenters. The Bertz CT molecular complexity index is 149. The molecule has 11 heavy (non-hydrogen) atoms. The van der Waals surface area contributed by atoms with E-state index in [0.717, 1.165) is 6.42 Å². The highest BCUT2D eigenvalue weighted by molar-refractivity contribution is 14.1. The lowest BCUT2D eigenvalue weighted by Gasteiger charge is -2.35. The van der Waals surface area contributed by atoms with Gasteiger partial charge in [0, 0.05) is 5.92 Å². The first-order valence-corrected chi connectivity index (χ1v) is 5.07. The van der Waals surface area contributed by atoms with E-state index >= 15 is 0 Å². The van der Waals surface area contributed by atoms with E-state index in [2.05, 4.69) is 29.5 Å². The van der Waals surface area contributed by atoms with E-state index in [-0.39, 0.29) is 3.61 Å². The Balaban J connectivity index is 2.56. The summed E-state index contributed by atoms with van der Waals surface area (Å²) in [4.78, 5) is 10.2. The van der Waals surface area contributed by atoms with Gasteiger partial charge in [0.2, 0.25) is 0 Å². The Morgan fingerprint density at radius 1 is 1.64 bits per heavy atom. The van der Waals surface area contributed by atoms with Crippen LogP contribution in [0.2, 0.25) is 0 Å². The third kappa shape index (κ3) is 2.07. The minimum absolute atomic E-state index is 0.211. The molecule has 1 aliphatic rings. The number of hydrogen-bond donors (Lipinski definition) is 0. The van der Waals surface area contributed by atoms with Crippen LogP contribution in [0.3, 0.4) is 0 Å². The Labute approximate surface area is 80.8 Å². The second-order valence-corrected chi connectivity index (χ2v) is 4.97. The molecule has 2 nitrogen and oxygen atoms in total. The average molecular weight is 268 g/mol. The van der Waals surface area contributed by atoms with Crippen molar-refractivity contribution >= 4 is 29.1 Å². The van der Waals surface area contributed by atoms with E-state index < -0.39 is 0 Å². The van der Waals surface area contributed by atoms with Gasteiger partial charge in [0.15, 0.2) is 3.61 Å². The molecule has 0 saturated heterocycles. The number of carbonyl (C=O) groups is 1. The van der Waals surface area contributed by atoms with Crippen LogP contribution < -0.4 is 0 Å². The molecular formula is C8H13IO2. The average Bonchev–Trinajstić information content (AvgIpc) is 1.96. The lowest BCUT2D eigenvalue weighted by Crippen LogP contribution is -2.35. The quantitative estimate of drug-likeness (QED) is 0.437. The minimum Gasteiger partial charge on any atom is -0.450 e. The van der Waals surface area contributed by atoms with Crippen LogP contribution in [0.4, 0.5) is 0 Å². The summed E-state index contributed by atoms with van der Waals surface area (Å²) in [7, 11) is 0. The van der Waals surface area contributed by atoms with Crippen molar-refractivity contribution in [2.24, 2.45) is 5.92 Å². The van der Waals surface area contributed by atoms with Crippen LogP contribution in [0.1, 0.15) is 32.6 Å². The van der Waals surface area contributed by atoms with Gasteiger partial charge in [-0.05, 0) is 41.9 Å². The molecule has 0 aromatic carbocycles. The number of rotatable bonds is 2. The van der Waals surface area contributed by atoms with E-state index in [1.54, 1.807) is 0 Å². The number of hydrogen-bond acceptors (Lipinski definition) is 2. The molecular weight excluding hydrogens is 255 g/mol. The van der Waals surface area contributed by atoms with Crippen LogP contribution in [0, 0.1) is 5.92 Å². The number of alkyl halides is 1. The lowest BCUT2D eigenvalue weighted by atomic mass is 9.88. The van der Waals surface area contributed by atoms with Gasteiger partial charge in [-0.1, -0.05) is 13.3 Å². The fourth-order valence-corrected chi connectivity index (χ4v) is 2.33. The maximum absolute atomic E-state index is 10.2. The topological polar surface area (TPSA) is 26.3 Å². The van der Waals surface area contributed by atoms with Gasteiger partial charge in [0.25, 0.3) is 6.47 Å². The van der Waals surface area contributed by atoms with Crippen molar-refractivity contribution in [2.75, 3.05) is 0 Å². The highest BCUT2D eigenvalue weighted by atomic mass is 127. The Hall–Kier alpha value is 0.200. The summed E-state index contributed by atoms with van der Waals surface area (Å²) in [6.45, 7) is 2.73. The summed E-state index contributed by atoms with van der Waals surface area (Å²) in [5.74, 6) is 0.502. The van der Waals surface area contributed by atoms with E-state index in [9.17, 15) is 4.79 Å². The SMILES string of the molecule is CC1CCCCC1(I)OC=O. The van der Waals surface area contributed by atoms with Gasteiger partial charge in [-0.2, -0.15) is 0 Å². The molecule has 3 heteroatoms. The standard InChI is InChI=1S/C8H13IO2/c1-7-4-2-3-5-8(7,9)11-6-10/h6-7H,2-5H2,1H3. The van der Waals surface area contributed by atoms with Crippen LogP contribution in [0.15, 0.2) is 0 Å². The molecule has 0 N–H and O–H groups in total. The molecule has 0 aliphatic heterocycles. The first-order chi connectivity index (χ1) is 5.19.